The Hall–Kier alpha value is -1.48. The minimum absolute atomic E-state index is 0.330. The van der Waals surface area contributed by atoms with E-state index in [-0.39, 0.29) is 0 Å². The molecular weight excluding hydrogens is 200 g/mol. The third kappa shape index (κ3) is 1.91. The molecule has 3 nitrogen and oxygen atoms in total. The van der Waals surface area contributed by atoms with Crippen LogP contribution in [0.3, 0.4) is 0 Å². The largest absolute Gasteiger partial charge is 0.508 e. The van der Waals surface area contributed by atoms with Gasteiger partial charge in [-0.15, -0.1) is 0 Å². The number of benzene rings is 1. The molecule has 2 aromatic rings. The van der Waals surface area contributed by atoms with Gasteiger partial charge in [-0.05, 0) is 38.7 Å². The van der Waals surface area contributed by atoms with Crippen molar-refractivity contribution in [2.24, 2.45) is 0 Å². The summed E-state index contributed by atoms with van der Waals surface area (Å²) in [7, 11) is 4.13. The highest BCUT2D eigenvalue weighted by Gasteiger charge is 2.08. The van der Waals surface area contributed by atoms with E-state index in [4.69, 9.17) is 0 Å². The highest BCUT2D eigenvalue weighted by Crippen LogP contribution is 2.25. The first-order valence-corrected chi connectivity index (χ1v) is 5.57. The van der Waals surface area contributed by atoms with Crippen LogP contribution in [0.25, 0.3) is 10.9 Å². The Kier molecular flexibility index (Phi) is 2.88. The first-order chi connectivity index (χ1) is 7.61. The van der Waals surface area contributed by atoms with Crippen LogP contribution in [-0.4, -0.2) is 28.7 Å². The van der Waals surface area contributed by atoms with Crippen molar-refractivity contribution in [2.45, 2.75) is 20.0 Å². The molecule has 1 N–H and O–H groups in total. The summed E-state index contributed by atoms with van der Waals surface area (Å²) in [6, 6.07) is 5.58. The lowest BCUT2D eigenvalue weighted by Gasteiger charge is -2.07. The van der Waals surface area contributed by atoms with Gasteiger partial charge in [-0.2, -0.15) is 0 Å². The van der Waals surface area contributed by atoms with Crippen molar-refractivity contribution >= 4 is 10.9 Å². The second kappa shape index (κ2) is 4.18. The predicted molar refractivity (Wildman–Crippen MR) is 66.7 cm³/mol. The Bertz CT molecular complexity index is 500. The number of nitrogens with zero attached hydrogens (tertiary/aromatic N) is 2. The zero-order valence-electron chi connectivity index (χ0n) is 10.1. The van der Waals surface area contributed by atoms with Gasteiger partial charge in [-0.25, -0.2) is 0 Å². The van der Waals surface area contributed by atoms with Gasteiger partial charge < -0.3 is 14.6 Å². The van der Waals surface area contributed by atoms with E-state index in [2.05, 4.69) is 36.7 Å². The minimum Gasteiger partial charge on any atom is -0.508 e. The molecule has 0 aliphatic heterocycles. The summed E-state index contributed by atoms with van der Waals surface area (Å²) in [6.45, 7) is 3.96. The summed E-state index contributed by atoms with van der Waals surface area (Å²) in [6.07, 6.45) is 2.17. The Balaban J connectivity index is 2.58. The quantitative estimate of drug-likeness (QED) is 0.857. The molecule has 0 saturated carbocycles. The van der Waals surface area contributed by atoms with Gasteiger partial charge in [0.1, 0.15) is 5.75 Å². The summed E-state index contributed by atoms with van der Waals surface area (Å²) < 4.78 is 2.17. The monoisotopic (exact) mass is 218 g/mol. The fourth-order valence-corrected chi connectivity index (χ4v) is 2.08. The van der Waals surface area contributed by atoms with Crippen molar-refractivity contribution in [3.8, 4) is 5.75 Å². The number of rotatable bonds is 3. The van der Waals surface area contributed by atoms with Gasteiger partial charge in [-0.3, -0.25) is 0 Å². The number of phenols is 1. The molecule has 0 atom stereocenters. The lowest BCUT2D eigenvalue weighted by Crippen LogP contribution is -2.10. The summed E-state index contributed by atoms with van der Waals surface area (Å²) in [4.78, 5) is 2.15. The van der Waals surface area contributed by atoms with Gasteiger partial charge >= 0.3 is 0 Å². The zero-order chi connectivity index (χ0) is 11.7. The van der Waals surface area contributed by atoms with Crippen molar-refractivity contribution in [3.63, 3.8) is 0 Å². The zero-order valence-corrected chi connectivity index (χ0v) is 10.1. The van der Waals surface area contributed by atoms with Crippen LogP contribution < -0.4 is 0 Å². The molecule has 0 spiro atoms. The summed E-state index contributed by atoms with van der Waals surface area (Å²) in [5.74, 6) is 0.330. The number of fused-ring (bicyclic) bond motifs is 1. The van der Waals surface area contributed by atoms with E-state index in [9.17, 15) is 5.11 Å². The second-order valence-corrected chi connectivity index (χ2v) is 4.38. The number of aromatic hydroxyl groups is 1. The minimum atomic E-state index is 0.330. The molecule has 1 aromatic carbocycles. The molecule has 0 fully saturated rings. The molecule has 2 rings (SSSR count). The van der Waals surface area contributed by atoms with Gasteiger partial charge in [0.05, 0.1) is 5.52 Å². The molecule has 0 radical (unpaired) electrons. The van der Waals surface area contributed by atoms with Crippen molar-refractivity contribution in [1.82, 2.24) is 9.47 Å². The molecule has 1 aromatic heterocycles. The first kappa shape index (κ1) is 11.0. The summed E-state index contributed by atoms with van der Waals surface area (Å²) in [5.41, 5.74) is 2.42. The molecule has 0 aliphatic rings. The maximum atomic E-state index is 9.52. The van der Waals surface area contributed by atoms with Crippen LogP contribution in [0.15, 0.2) is 24.4 Å². The van der Waals surface area contributed by atoms with E-state index >= 15 is 0 Å². The molecule has 0 aliphatic carbocycles. The topological polar surface area (TPSA) is 28.4 Å². The number of aryl methyl sites for hydroxylation is 1. The smallest absolute Gasteiger partial charge is 0.117 e. The van der Waals surface area contributed by atoms with Gasteiger partial charge in [0.2, 0.25) is 0 Å². The number of hydrogen-bond acceptors (Lipinski definition) is 2. The van der Waals surface area contributed by atoms with E-state index in [1.165, 1.54) is 10.9 Å². The predicted octanol–water partition coefficient (Wildman–Crippen LogP) is 2.43. The second-order valence-electron chi connectivity index (χ2n) is 4.38. The van der Waals surface area contributed by atoms with E-state index in [1.54, 1.807) is 6.07 Å². The van der Waals surface area contributed by atoms with Crippen molar-refractivity contribution in [1.29, 1.82) is 0 Å². The highest BCUT2D eigenvalue weighted by molar-refractivity contribution is 5.85. The molecule has 1 heterocycles. The normalized spacial score (nSPS) is 11.5. The Labute approximate surface area is 95.9 Å². The molecule has 0 bridgehead atoms. The molecular formula is C13H18N2O. The maximum Gasteiger partial charge on any atom is 0.117 e. The van der Waals surface area contributed by atoms with Crippen LogP contribution in [0.2, 0.25) is 0 Å². The number of hydrogen-bond donors (Lipinski definition) is 1. The summed E-state index contributed by atoms with van der Waals surface area (Å²) >= 11 is 0. The number of aromatic nitrogens is 1. The third-order valence-corrected chi connectivity index (χ3v) is 2.78. The van der Waals surface area contributed by atoms with Crippen molar-refractivity contribution < 1.29 is 5.11 Å². The van der Waals surface area contributed by atoms with E-state index in [0.29, 0.717) is 5.75 Å². The molecule has 0 amide bonds. The molecule has 0 saturated heterocycles. The Morgan fingerprint density at radius 2 is 2.06 bits per heavy atom. The third-order valence-electron chi connectivity index (χ3n) is 2.78. The highest BCUT2D eigenvalue weighted by atomic mass is 16.3. The van der Waals surface area contributed by atoms with Crippen LogP contribution >= 0.6 is 0 Å². The Morgan fingerprint density at radius 1 is 1.31 bits per heavy atom. The van der Waals surface area contributed by atoms with Crippen molar-refractivity contribution in [3.05, 3.63) is 30.0 Å². The van der Waals surface area contributed by atoms with Crippen molar-refractivity contribution in [2.75, 3.05) is 14.1 Å². The average Bonchev–Trinajstić information content (AvgIpc) is 2.55. The molecule has 3 heteroatoms. The Morgan fingerprint density at radius 3 is 2.69 bits per heavy atom. The van der Waals surface area contributed by atoms with Crippen LogP contribution in [0, 0.1) is 0 Å². The summed E-state index contributed by atoms with van der Waals surface area (Å²) in [5, 5.41) is 10.7. The van der Waals surface area contributed by atoms with Crippen LogP contribution in [-0.2, 0) is 13.1 Å². The van der Waals surface area contributed by atoms with Gasteiger partial charge in [0.15, 0.2) is 0 Å². The van der Waals surface area contributed by atoms with E-state index < -0.39 is 0 Å². The standard InChI is InChI=1S/C13H18N2O/c1-4-15-9-10(8-14(2)3)12-6-5-11(16)7-13(12)15/h5-7,9,16H,4,8H2,1-3H3. The SMILES string of the molecule is CCn1cc(CN(C)C)c2ccc(O)cc21. The van der Waals surface area contributed by atoms with E-state index in [1.807, 2.05) is 12.1 Å². The fourth-order valence-electron chi connectivity index (χ4n) is 2.08. The van der Waals surface area contributed by atoms with Gasteiger partial charge in [0.25, 0.3) is 0 Å². The van der Waals surface area contributed by atoms with Gasteiger partial charge in [0, 0.05) is 30.7 Å². The molecule has 0 unspecified atom stereocenters. The average molecular weight is 218 g/mol. The molecule has 86 valence electrons. The molecule has 16 heavy (non-hydrogen) atoms. The number of phenolic OH excluding ortho intramolecular Hbond substituents is 1. The van der Waals surface area contributed by atoms with Crippen LogP contribution in [0.1, 0.15) is 12.5 Å². The first-order valence-electron chi connectivity index (χ1n) is 5.57. The van der Waals surface area contributed by atoms with E-state index in [0.717, 1.165) is 18.6 Å². The lowest BCUT2D eigenvalue weighted by atomic mass is 10.1. The van der Waals surface area contributed by atoms with Crippen LogP contribution in [0.5, 0.6) is 5.75 Å². The van der Waals surface area contributed by atoms with Gasteiger partial charge in [-0.1, -0.05) is 0 Å². The lowest BCUT2D eigenvalue weighted by molar-refractivity contribution is 0.403. The fraction of sp³-hybridized carbons (Fsp3) is 0.385. The maximum absolute atomic E-state index is 9.52. The van der Waals surface area contributed by atoms with Crippen LogP contribution in [0.4, 0.5) is 0 Å².